The number of benzene rings is 2. The molecule has 0 radical (unpaired) electrons. The quantitative estimate of drug-likeness (QED) is 0.516. The van der Waals surface area contributed by atoms with E-state index >= 15 is 0 Å². The summed E-state index contributed by atoms with van der Waals surface area (Å²) < 4.78 is 6.02. The Hall–Kier alpha value is -1.76. The fraction of sp³-hybridized carbons (Fsp3) is 0.571. The van der Waals surface area contributed by atoms with Crippen LogP contribution in [0.4, 0.5) is 0 Å². The van der Waals surface area contributed by atoms with Crippen LogP contribution in [0.25, 0.3) is 0 Å². The van der Waals surface area contributed by atoms with Gasteiger partial charge in [-0.2, -0.15) is 0 Å². The van der Waals surface area contributed by atoms with Gasteiger partial charge in [-0.05, 0) is 83.4 Å². The van der Waals surface area contributed by atoms with Crippen LogP contribution in [0, 0.1) is 5.92 Å². The first-order chi connectivity index (χ1) is 15.8. The fourth-order valence-electron chi connectivity index (χ4n) is 5.50. The number of hydrogen-bond acceptors (Lipinski definition) is 5. The first-order valence-electron chi connectivity index (χ1n) is 12.4. The molecule has 5 heteroatoms. The molecule has 5 nitrogen and oxygen atoms in total. The van der Waals surface area contributed by atoms with Crippen LogP contribution < -0.4 is 0 Å². The molecule has 0 aromatic heterocycles. The average molecular weight is 455 g/mol. The summed E-state index contributed by atoms with van der Waals surface area (Å²) in [7, 11) is 0. The maximum absolute atomic E-state index is 10.9. The number of rotatable bonds is 7. The molecule has 1 aliphatic heterocycles. The lowest BCUT2D eigenvalue weighted by molar-refractivity contribution is -0.231. The van der Waals surface area contributed by atoms with Crippen molar-refractivity contribution in [1.82, 2.24) is 0 Å². The molecule has 2 aliphatic rings. The minimum absolute atomic E-state index is 0.414. The minimum atomic E-state index is -1.37. The highest BCUT2D eigenvalue weighted by Gasteiger charge is 2.45. The zero-order chi connectivity index (χ0) is 23.7. The first-order valence-corrected chi connectivity index (χ1v) is 12.4. The second-order valence-electron chi connectivity index (χ2n) is 10.1. The Morgan fingerprint density at radius 1 is 0.939 bits per heavy atom. The van der Waals surface area contributed by atoms with Crippen LogP contribution in [-0.2, 0) is 36.8 Å². The third kappa shape index (κ3) is 4.89. The maximum atomic E-state index is 10.9. The number of aliphatic hydroxyl groups is 4. The molecule has 5 atom stereocenters. The molecule has 4 N–H and O–H groups in total. The van der Waals surface area contributed by atoms with Gasteiger partial charge in [0, 0.05) is 0 Å². The molecule has 33 heavy (non-hydrogen) atoms. The maximum Gasteiger partial charge on any atom is 0.113 e. The van der Waals surface area contributed by atoms with Crippen molar-refractivity contribution in [3.63, 3.8) is 0 Å². The molecule has 1 saturated heterocycles. The largest absolute Gasteiger partial charge is 0.394 e. The van der Waals surface area contributed by atoms with Gasteiger partial charge >= 0.3 is 0 Å². The van der Waals surface area contributed by atoms with Gasteiger partial charge in [0.25, 0.3) is 0 Å². The molecule has 2 unspecified atom stereocenters. The van der Waals surface area contributed by atoms with Crippen LogP contribution in [0.5, 0.6) is 0 Å². The lowest BCUT2D eigenvalue weighted by atomic mass is 9.81. The third-order valence-corrected chi connectivity index (χ3v) is 7.28. The van der Waals surface area contributed by atoms with Crippen molar-refractivity contribution < 1.29 is 25.2 Å². The van der Waals surface area contributed by atoms with E-state index in [0.717, 1.165) is 44.1 Å². The summed E-state index contributed by atoms with van der Waals surface area (Å²) in [6, 6.07) is 10.9. The number of hydrogen-bond donors (Lipinski definition) is 4. The Kier molecular flexibility index (Phi) is 7.56. The van der Waals surface area contributed by atoms with E-state index in [4.69, 9.17) is 4.74 Å². The average Bonchev–Trinajstić information content (AvgIpc) is 3.30. The number of fused-ring (bicyclic) bond motifs is 1. The fourth-order valence-corrected chi connectivity index (χ4v) is 5.50. The van der Waals surface area contributed by atoms with Gasteiger partial charge < -0.3 is 25.2 Å². The summed E-state index contributed by atoms with van der Waals surface area (Å²) in [5.41, 5.74) is 8.67. The van der Waals surface area contributed by atoms with Gasteiger partial charge in [0.1, 0.15) is 30.5 Å². The predicted octanol–water partition coefficient (Wildman–Crippen LogP) is 3.04. The van der Waals surface area contributed by atoms with Crippen LogP contribution in [0.15, 0.2) is 30.3 Å². The lowest BCUT2D eigenvalue weighted by Gasteiger charge is -2.41. The molecular formula is C28H38O5. The molecule has 0 bridgehead atoms. The van der Waals surface area contributed by atoms with Crippen LogP contribution in [0.1, 0.15) is 72.2 Å². The van der Waals surface area contributed by atoms with Crippen molar-refractivity contribution in [3.05, 3.63) is 69.3 Å². The van der Waals surface area contributed by atoms with Crippen LogP contribution >= 0.6 is 0 Å². The monoisotopic (exact) mass is 454 g/mol. The van der Waals surface area contributed by atoms with Gasteiger partial charge in [-0.15, -0.1) is 0 Å². The summed E-state index contributed by atoms with van der Waals surface area (Å²) >= 11 is 0. The molecule has 1 aliphatic carbocycles. The summed E-state index contributed by atoms with van der Waals surface area (Å²) in [4.78, 5) is 0. The number of ether oxygens (including phenoxy) is 1. The second kappa shape index (κ2) is 10.2. The summed E-state index contributed by atoms with van der Waals surface area (Å²) in [5, 5.41) is 41.4. The van der Waals surface area contributed by atoms with E-state index in [1.54, 1.807) is 0 Å². The van der Waals surface area contributed by atoms with Gasteiger partial charge in [-0.3, -0.25) is 0 Å². The summed E-state index contributed by atoms with van der Waals surface area (Å²) in [6.45, 7) is 6.11. The topological polar surface area (TPSA) is 90.2 Å². The van der Waals surface area contributed by atoms with Crippen LogP contribution in [-0.4, -0.2) is 51.4 Å². The van der Waals surface area contributed by atoms with Gasteiger partial charge in [-0.25, -0.2) is 0 Å². The van der Waals surface area contributed by atoms with Crippen molar-refractivity contribution >= 4 is 0 Å². The van der Waals surface area contributed by atoms with Crippen molar-refractivity contribution in [1.29, 1.82) is 0 Å². The summed E-state index contributed by atoms with van der Waals surface area (Å²) in [6.07, 6.45) is 0.178. The standard InChI is InChI=1S/C28H38O5/c1-4-17-8-10-18(11-9-17)13-19-14-23(22(12-16(2)3)21-7-5-6-20(19)21)28-27(32)26(31)25(30)24(15-29)33-28/h8-11,14,16,24-32H,4-7,12-13,15H2,1-3H3/t24?,25-,26-,27?,28-/m0/s1. The zero-order valence-corrected chi connectivity index (χ0v) is 20.0. The van der Waals surface area contributed by atoms with Crippen LogP contribution in [0.2, 0.25) is 0 Å². The van der Waals surface area contributed by atoms with E-state index in [2.05, 4.69) is 51.1 Å². The Morgan fingerprint density at radius 2 is 1.61 bits per heavy atom. The molecule has 0 saturated carbocycles. The number of aliphatic hydroxyl groups excluding tert-OH is 4. The smallest absolute Gasteiger partial charge is 0.113 e. The van der Waals surface area contributed by atoms with Crippen molar-refractivity contribution in [2.45, 2.75) is 89.8 Å². The zero-order valence-electron chi connectivity index (χ0n) is 20.0. The second-order valence-corrected chi connectivity index (χ2v) is 10.1. The SMILES string of the molecule is CCc1ccc(Cc2cc([C@@H]3OC(CO)[C@H](O)[C@H](O)C3O)c(CC(C)C)c3c2CCC3)cc1. The first kappa shape index (κ1) is 24.4. The molecule has 0 spiro atoms. The van der Waals surface area contributed by atoms with Crippen molar-refractivity contribution in [2.24, 2.45) is 5.92 Å². The van der Waals surface area contributed by atoms with Crippen molar-refractivity contribution in [2.75, 3.05) is 6.61 Å². The summed E-state index contributed by atoms with van der Waals surface area (Å²) in [5.74, 6) is 0.422. The van der Waals surface area contributed by atoms with E-state index < -0.39 is 37.1 Å². The minimum Gasteiger partial charge on any atom is -0.394 e. The highest BCUT2D eigenvalue weighted by molar-refractivity contribution is 5.51. The van der Waals surface area contributed by atoms with E-state index in [9.17, 15) is 20.4 Å². The molecule has 1 fully saturated rings. The van der Waals surface area contributed by atoms with E-state index in [1.165, 1.54) is 33.4 Å². The number of aryl methyl sites for hydroxylation is 1. The molecular weight excluding hydrogens is 416 g/mol. The van der Waals surface area contributed by atoms with E-state index in [1.807, 2.05) is 0 Å². The normalized spacial score (nSPS) is 27.2. The Morgan fingerprint density at radius 3 is 2.24 bits per heavy atom. The van der Waals surface area contributed by atoms with Gasteiger partial charge in [0.2, 0.25) is 0 Å². The Labute approximate surface area is 197 Å². The highest BCUT2D eigenvalue weighted by Crippen LogP contribution is 2.41. The predicted molar refractivity (Wildman–Crippen MR) is 128 cm³/mol. The van der Waals surface area contributed by atoms with E-state index in [-0.39, 0.29) is 0 Å². The van der Waals surface area contributed by atoms with Crippen LogP contribution in [0.3, 0.4) is 0 Å². The Balaban J connectivity index is 1.79. The van der Waals surface area contributed by atoms with Gasteiger partial charge in [0.15, 0.2) is 0 Å². The van der Waals surface area contributed by atoms with Gasteiger partial charge in [0.05, 0.1) is 6.61 Å². The third-order valence-electron chi connectivity index (χ3n) is 7.28. The van der Waals surface area contributed by atoms with E-state index in [0.29, 0.717) is 5.92 Å². The highest BCUT2D eigenvalue weighted by atomic mass is 16.5. The van der Waals surface area contributed by atoms with Crippen molar-refractivity contribution in [3.8, 4) is 0 Å². The molecule has 2 aromatic rings. The lowest BCUT2D eigenvalue weighted by Crippen LogP contribution is -2.55. The molecule has 0 amide bonds. The molecule has 1 heterocycles. The van der Waals surface area contributed by atoms with Gasteiger partial charge in [-0.1, -0.05) is 51.1 Å². The molecule has 2 aromatic carbocycles. The molecule has 180 valence electrons. The molecule has 4 rings (SSSR count). The Bertz CT molecular complexity index is 950.